The quantitative estimate of drug-likeness (QED) is 0.447. The molecule has 0 unspecified atom stereocenters. The van der Waals surface area contributed by atoms with E-state index >= 15 is 0 Å². The van der Waals surface area contributed by atoms with Gasteiger partial charge >= 0.3 is 0 Å². The fraction of sp³-hybridized carbons (Fsp3) is 0.429. The van der Waals surface area contributed by atoms with Gasteiger partial charge in [0, 0.05) is 37.4 Å². The summed E-state index contributed by atoms with van der Waals surface area (Å²) in [5.74, 6) is -0.0570. The second-order valence-electron chi connectivity index (χ2n) is 7.52. The van der Waals surface area contributed by atoms with Gasteiger partial charge in [-0.2, -0.15) is 4.98 Å². The summed E-state index contributed by atoms with van der Waals surface area (Å²) >= 11 is 0. The molecular weight excluding hydrogens is 382 g/mol. The molecule has 1 aromatic carbocycles. The monoisotopic (exact) mass is 411 g/mol. The van der Waals surface area contributed by atoms with E-state index in [0.717, 1.165) is 25.2 Å². The predicted molar refractivity (Wildman–Crippen MR) is 117 cm³/mol. The Labute approximate surface area is 176 Å². The van der Waals surface area contributed by atoms with Crippen LogP contribution in [0, 0.1) is 0 Å². The van der Waals surface area contributed by atoms with E-state index in [2.05, 4.69) is 48.7 Å². The van der Waals surface area contributed by atoms with Crippen LogP contribution in [0.3, 0.4) is 0 Å². The van der Waals surface area contributed by atoms with Crippen molar-refractivity contribution >= 4 is 29.3 Å². The number of hydrogen-bond acceptors (Lipinski definition) is 7. The minimum absolute atomic E-state index is 0.0480. The summed E-state index contributed by atoms with van der Waals surface area (Å²) in [6.45, 7) is 6.08. The molecule has 0 radical (unpaired) electrons. The van der Waals surface area contributed by atoms with Crippen molar-refractivity contribution in [3.05, 3.63) is 41.1 Å². The number of fused-ring (bicyclic) bond motifs is 1. The Hall–Kier alpha value is -3.04. The van der Waals surface area contributed by atoms with Gasteiger partial charge in [0.2, 0.25) is 11.9 Å². The molecule has 0 aliphatic carbocycles. The first-order chi connectivity index (χ1) is 14.5. The van der Waals surface area contributed by atoms with Crippen LogP contribution in [0.4, 0.5) is 17.5 Å². The third-order valence-corrected chi connectivity index (χ3v) is 4.66. The van der Waals surface area contributed by atoms with Gasteiger partial charge in [-0.05, 0) is 57.1 Å². The lowest BCUT2D eigenvalue weighted by Gasteiger charge is -2.18. The van der Waals surface area contributed by atoms with E-state index in [0.29, 0.717) is 12.5 Å². The lowest BCUT2D eigenvalue weighted by molar-refractivity contribution is -0.116. The highest BCUT2D eigenvalue weighted by Gasteiger charge is 2.18. The number of aromatic nitrogens is 2. The summed E-state index contributed by atoms with van der Waals surface area (Å²) in [4.78, 5) is 33.4. The first-order valence-electron chi connectivity index (χ1n) is 10.2. The molecule has 1 aromatic heterocycles. The number of carbonyl (C=O) groups excluding carboxylic acids is 2. The van der Waals surface area contributed by atoms with E-state index in [-0.39, 0.29) is 35.7 Å². The van der Waals surface area contributed by atoms with Crippen LogP contribution in [-0.4, -0.2) is 48.0 Å². The number of amides is 2. The van der Waals surface area contributed by atoms with Crippen LogP contribution >= 0.6 is 0 Å². The zero-order valence-electron chi connectivity index (χ0n) is 17.6. The molecule has 1 aliphatic heterocycles. The summed E-state index contributed by atoms with van der Waals surface area (Å²) in [6.07, 6.45) is 2.67. The Kier molecular flexibility index (Phi) is 7.31. The van der Waals surface area contributed by atoms with E-state index in [1.165, 1.54) is 17.3 Å². The van der Waals surface area contributed by atoms with E-state index in [9.17, 15) is 9.59 Å². The first kappa shape index (κ1) is 21.7. The van der Waals surface area contributed by atoms with Gasteiger partial charge in [0.1, 0.15) is 5.56 Å². The third-order valence-electron chi connectivity index (χ3n) is 4.66. The minimum atomic E-state index is -0.332. The van der Waals surface area contributed by atoms with Gasteiger partial charge in [-0.15, -0.1) is 0 Å². The van der Waals surface area contributed by atoms with Crippen molar-refractivity contribution in [2.24, 2.45) is 0 Å². The zero-order chi connectivity index (χ0) is 21.5. The molecular formula is C21H29N7O2. The summed E-state index contributed by atoms with van der Waals surface area (Å²) in [6, 6.07) is 6.09. The average molecular weight is 412 g/mol. The van der Waals surface area contributed by atoms with E-state index in [4.69, 9.17) is 0 Å². The molecule has 2 aromatic rings. The van der Waals surface area contributed by atoms with Crippen molar-refractivity contribution in [1.29, 1.82) is 0 Å². The molecule has 9 nitrogen and oxygen atoms in total. The van der Waals surface area contributed by atoms with Crippen LogP contribution in [0.1, 0.15) is 41.8 Å². The fourth-order valence-electron chi connectivity index (χ4n) is 3.16. The number of hydrogen-bond donors (Lipinski definition) is 5. The molecule has 30 heavy (non-hydrogen) atoms. The Morgan fingerprint density at radius 1 is 1.23 bits per heavy atom. The first-order valence-corrected chi connectivity index (χ1v) is 10.2. The predicted octanol–water partition coefficient (Wildman–Crippen LogP) is 1.55. The van der Waals surface area contributed by atoms with Crippen LogP contribution < -0.4 is 26.6 Å². The molecule has 0 spiro atoms. The van der Waals surface area contributed by atoms with Gasteiger partial charge in [-0.25, -0.2) is 4.98 Å². The Morgan fingerprint density at radius 3 is 2.83 bits per heavy atom. The topological polar surface area (TPSA) is 120 Å². The van der Waals surface area contributed by atoms with Crippen molar-refractivity contribution in [2.75, 3.05) is 30.8 Å². The molecule has 3 rings (SSSR count). The highest BCUT2D eigenvalue weighted by Crippen LogP contribution is 2.22. The summed E-state index contributed by atoms with van der Waals surface area (Å²) in [7, 11) is 1.77. The highest BCUT2D eigenvalue weighted by atomic mass is 16.2. The lowest BCUT2D eigenvalue weighted by Crippen LogP contribution is -2.31. The minimum Gasteiger partial charge on any atom is -0.350 e. The van der Waals surface area contributed by atoms with Crippen LogP contribution in [0.2, 0.25) is 0 Å². The Balaban J connectivity index is 1.83. The Bertz CT molecular complexity index is 914. The second-order valence-corrected chi connectivity index (χ2v) is 7.52. The number of anilines is 3. The van der Waals surface area contributed by atoms with E-state index in [1.54, 1.807) is 7.05 Å². The number of nitrogens with one attached hydrogen (secondary N) is 5. The average Bonchev–Trinajstić information content (AvgIpc) is 2.72. The summed E-state index contributed by atoms with van der Waals surface area (Å²) < 4.78 is 0. The molecule has 0 atom stereocenters. The number of benzene rings is 1. The van der Waals surface area contributed by atoms with Gasteiger partial charge in [-0.3, -0.25) is 9.59 Å². The van der Waals surface area contributed by atoms with Crippen molar-refractivity contribution in [2.45, 2.75) is 39.3 Å². The smallest absolute Gasteiger partial charge is 0.256 e. The molecule has 9 heteroatoms. The molecule has 2 heterocycles. The largest absolute Gasteiger partial charge is 0.350 e. The van der Waals surface area contributed by atoms with Crippen LogP contribution in [-0.2, 0) is 17.8 Å². The molecule has 160 valence electrons. The standard InChI is InChI=1S/C21H29N7O2/c1-13(2)25-20(30)17-12-24-21(28-19(17)27-18(29)7-8-22-3)26-16-5-4-15-11-23-9-6-14(15)10-16/h4-5,10,12-13,22-23H,6-9,11H2,1-3H3,(H,25,30)(H2,24,26,27,28,29). The zero-order valence-corrected chi connectivity index (χ0v) is 17.6. The van der Waals surface area contributed by atoms with Crippen molar-refractivity contribution in [3.63, 3.8) is 0 Å². The van der Waals surface area contributed by atoms with Gasteiger partial charge in [0.05, 0.1) is 0 Å². The van der Waals surface area contributed by atoms with Crippen LogP contribution in [0.5, 0.6) is 0 Å². The summed E-state index contributed by atoms with van der Waals surface area (Å²) in [5, 5.41) is 15.0. The van der Waals surface area contributed by atoms with Gasteiger partial charge < -0.3 is 26.6 Å². The van der Waals surface area contributed by atoms with Crippen LogP contribution in [0.15, 0.2) is 24.4 Å². The molecule has 0 fully saturated rings. The Morgan fingerprint density at radius 2 is 2.07 bits per heavy atom. The van der Waals surface area contributed by atoms with E-state index in [1.807, 2.05) is 19.9 Å². The molecule has 0 saturated carbocycles. The maximum atomic E-state index is 12.5. The van der Waals surface area contributed by atoms with Crippen molar-refractivity contribution in [1.82, 2.24) is 25.9 Å². The summed E-state index contributed by atoms with van der Waals surface area (Å²) in [5.41, 5.74) is 3.66. The lowest BCUT2D eigenvalue weighted by atomic mass is 10.0. The molecule has 1 aliphatic rings. The van der Waals surface area contributed by atoms with Gasteiger partial charge in [0.15, 0.2) is 5.82 Å². The van der Waals surface area contributed by atoms with E-state index < -0.39 is 0 Å². The normalized spacial score (nSPS) is 12.9. The van der Waals surface area contributed by atoms with Crippen LogP contribution in [0.25, 0.3) is 0 Å². The van der Waals surface area contributed by atoms with Gasteiger partial charge in [-0.1, -0.05) is 6.07 Å². The SMILES string of the molecule is CNCCC(=O)Nc1nc(Nc2ccc3c(c2)CCNC3)ncc1C(=O)NC(C)C. The van der Waals surface area contributed by atoms with Crippen molar-refractivity contribution in [3.8, 4) is 0 Å². The fourth-order valence-corrected chi connectivity index (χ4v) is 3.16. The molecule has 5 N–H and O–H groups in total. The van der Waals surface area contributed by atoms with Crippen molar-refractivity contribution < 1.29 is 9.59 Å². The second kappa shape index (κ2) is 10.1. The molecule has 0 saturated heterocycles. The maximum absolute atomic E-state index is 12.5. The maximum Gasteiger partial charge on any atom is 0.256 e. The van der Waals surface area contributed by atoms with Gasteiger partial charge in [0.25, 0.3) is 5.91 Å². The number of nitrogens with zero attached hydrogens (tertiary/aromatic N) is 2. The third kappa shape index (κ3) is 5.74. The number of carbonyl (C=O) groups is 2. The molecule has 2 amide bonds. The molecule has 0 bridgehead atoms. The highest BCUT2D eigenvalue weighted by molar-refractivity contribution is 6.02. The number of rotatable bonds is 8.